The quantitative estimate of drug-likeness (QED) is 0.832. The number of hydrogen-bond acceptors (Lipinski definition) is 4. The standard InChI is InChI=1S/C10H11F3N4O/c11-10(12,13)7-18-6-4-15-9-8-1-2-16-17(8)5-3-14-9/h1-3,5H,4,6-7H2,(H,14,15). The second-order valence-electron chi connectivity index (χ2n) is 3.53. The van der Waals surface area contributed by atoms with Gasteiger partial charge in [-0.25, -0.2) is 9.50 Å². The summed E-state index contributed by atoms with van der Waals surface area (Å²) in [4.78, 5) is 4.08. The molecule has 0 saturated carbocycles. The fourth-order valence-corrected chi connectivity index (χ4v) is 1.42. The average molecular weight is 260 g/mol. The lowest BCUT2D eigenvalue weighted by atomic mass is 10.4. The number of nitrogens with one attached hydrogen (secondary N) is 1. The van der Waals surface area contributed by atoms with Crippen LogP contribution in [0, 0.1) is 0 Å². The van der Waals surface area contributed by atoms with Crippen LogP contribution in [-0.2, 0) is 4.74 Å². The van der Waals surface area contributed by atoms with Gasteiger partial charge in [0, 0.05) is 18.9 Å². The second-order valence-corrected chi connectivity index (χ2v) is 3.53. The Labute approximate surface area is 101 Å². The summed E-state index contributed by atoms with van der Waals surface area (Å²) in [6.07, 6.45) is 0.561. The van der Waals surface area contributed by atoms with Crippen LogP contribution in [0.1, 0.15) is 0 Å². The van der Waals surface area contributed by atoms with E-state index in [9.17, 15) is 13.2 Å². The highest BCUT2D eigenvalue weighted by atomic mass is 19.4. The van der Waals surface area contributed by atoms with E-state index in [4.69, 9.17) is 0 Å². The summed E-state index contributed by atoms with van der Waals surface area (Å²) in [6.45, 7) is -1.04. The summed E-state index contributed by atoms with van der Waals surface area (Å²) in [5.74, 6) is 0.561. The van der Waals surface area contributed by atoms with E-state index in [-0.39, 0.29) is 13.2 Å². The minimum Gasteiger partial charge on any atom is -0.370 e. The Balaban J connectivity index is 1.82. The Morgan fingerprint density at radius 1 is 1.33 bits per heavy atom. The molecule has 2 heterocycles. The van der Waals surface area contributed by atoms with Crippen molar-refractivity contribution in [2.24, 2.45) is 0 Å². The number of ether oxygens (including phenoxy) is 1. The Morgan fingerprint density at radius 2 is 2.17 bits per heavy atom. The van der Waals surface area contributed by atoms with Gasteiger partial charge in [-0.15, -0.1) is 0 Å². The number of anilines is 1. The number of rotatable bonds is 5. The van der Waals surface area contributed by atoms with Crippen LogP contribution in [0.25, 0.3) is 5.52 Å². The second kappa shape index (κ2) is 5.21. The molecule has 0 fully saturated rings. The molecule has 18 heavy (non-hydrogen) atoms. The van der Waals surface area contributed by atoms with Crippen LogP contribution in [0.4, 0.5) is 19.0 Å². The van der Waals surface area contributed by atoms with Crippen molar-refractivity contribution in [3.8, 4) is 0 Å². The van der Waals surface area contributed by atoms with E-state index < -0.39 is 12.8 Å². The minimum absolute atomic E-state index is 0.0453. The van der Waals surface area contributed by atoms with E-state index in [1.54, 1.807) is 29.2 Å². The van der Waals surface area contributed by atoms with E-state index in [2.05, 4.69) is 20.1 Å². The van der Waals surface area contributed by atoms with Crippen LogP contribution < -0.4 is 5.32 Å². The predicted octanol–water partition coefficient (Wildman–Crippen LogP) is 1.72. The highest BCUT2D eigenvalue weighted by Crippen LogP contribution is 2.14. The molecule has 0 aliphatic heterocycles. The zero-order chi connectivity index (χ0) is 13.0. The molecule has 0 aliphatic carbocycles. The third kappa shape index (κ3) is 3.33. The molecule has 0 radical (unpaired) electrons. The van der Waals surface area contributed by atoms with Gasteiger partial charge in [0.15, 0.2) is 5.82 Å². The van der Waals surface area contributed by atoms with E-state index in [1.165, 1.54) is 0 Å². The highest BCUT2D eigenvalue weighted by Gasteiger charge is 2.27. The van der Waals surface area contributed by atoms with Crippen LogP contribution in [0.3, 0.4) is 0 Å². The van der Waals surface area contributed by atoms with E-state index in [0.29, 0.717) is 5.82 Å². The number of alkyl halides is 3. The molecule has 8 heteroatoms. The highest BCUT2D eigenvalue weighted by molar-refractivity contribution is 5.66. The molecule has 0 saturated heterocycles. The molecule has 2 rings (SSSR count). The molecule has 5 nitrogen and oxygen atoms in total. The van der Waals surface area contributed by atoms with Crippen molar-refractivity contribution in [1.82, 2.24) is 14.6 Å². The van der Waals surface area contributed by atoms with Gasteiger partial charge in [0.2, 0.25) is 0 Å². The van der Waals surface area contributed by atoms with Crippen molar-refractivity contribution in [1.29, 1.82) is 0 Å². The SMILES string of the molecule is FC(F)(F)COCCNc1nccn2nccc12. The maximum atomic E-state index is 11.8. The van der Waals surface area contributed by atoms with Gasteiger partial charge < -0.3 is 10.1 Å². The van der Waals surface area contributed by atoms with Crippen molar-refractivity contribution >= 4 is 11.3 Å². The number of nitrogens with zero attached hydrogens (tertiary/aromatic N) is 3. The lowest BCUT2D eigenvalue weighted by Crippen LogP contribution is -2.20. The molecular weight excluding hydrogens is 249 g/mol. The minimum atomic E-state index is -4.29. The maximum Gasteiger partial charge on any atom is 0.411 e. The third-order valence-corrected chi connectivity index (χ3v) is 2.13. The van der Waals surface area contributed by atoms with Gasteiger partial charge in [-0.2, -0.15) is 18.3 Å². The normalized spacial score (nSPS) is 11.9. The summed E-state index contributed by atoms with van der Waals surface area (Å²) in [5.41, 5.74) is 0.758. The van der Waals surface area contributed by atoms with Gasteiger partial charge in [0.25, 0.3) is 0 Å². The molecule has 0 amide bonds. The monoisotopic (exact) mass is 260 g/mol. The summed E-state index contributed by atoms with van der Waals surface area (Å²) in [7, 11) is 0. The average Bonchev–Trinajstić information content (AvgIpc) is 2.75. The van der Waals surface area contributed by atoms with E-state index >= 15 is 0 Å². The molecule has 0 aromatic carbocycles. The van der Waals surface area contributed by atoms with Crippen LogP contribution in [0.2, 0.25) is 0 Å². The van der Waals surface area contributed by atoms with Gasteiger partial charge in [-0.3, -0.25) is 0 Å². The molecule has 0 spiro atoms. The van der Waals surface area contributed by atoms with Crippen LogP contribution in [-0.4, -0.2) is 40.5 Å². The smallest absolute Gasteiger partial charge is 0.370 e. The van der Waals surface area contributed by atoms with Crippen molar-refractivity contribution in [3.05, 3.63) is 24.7 Å². The van der Waals surface area contributed by atoms with Crippen molar-refractivity contribution in [2.45, 2.75) is 6.18 Å². The topological polar surface area (TPSA) is 51.5 Å². The lowest BCUT2D eigenvalue weighted by Gasteiger charge is -2.09. The molecule has 98 valence electrons. The first-order valence-electron chi connectivity index (χ1n) is 5.23. The zero-order valence-corrected chi connectivity index (χ0v) is 9.31. The number of aromatic nitrogens is 3. The van der Waals surface area contributed by atoms with Gasteiger partial charge >= 0.3 is 6.18 Å². The molecule has 2 aromatic heterocycles. The third-order valence-electron chi connectivity index (χ3n) is 2.13. The molecule has 0 bridgehead atoms. The molecule has 1 N–H and O–H groups in total. The van der Waals surface area contributed by atoms with Crippen LogP contribution in [0.15, 0.2) is 24.7 Å². The largest absolute Gasteiger partial charge is 0.411 e. The number of fused-ring (bicyclic) bond motifs is 1. The first-order valence-corrected chi connectivity index (χ1v) is 5.23. The Morgan fingerprint density at radius 3 is 2.94 bits per heavy atom. The molecular formula is C10H11F3N4O. The molecule has 0 atom stereocenters. The molecule has 0 aliphatic rings. The van der Waals surface area contributed by atoms with Gasteiger partial charge in [-0.05, 0) is 6.07 Å². The fourth-order valence-electron chi connectivity index (χ4n) is 1.42. The fraction of sp³-hybridized carbons (Fsp3) is 0.400. The summed E-state index contributed by atoms with van der Waals surface area (Å²) in [5, 5.41) is 6.91. The Hall–Kier alpha value is -1.83. The van der Waals surface area contributed by atoms with Crippen molar-refractivity contribution < 1.29 is 17.9 Å². The van der Waals surface area contributed by atoms with Crippen LogP contribution >= 0.6 is 0 Å². The van der Waals surface area contributed by atoms with E-state index in [1.807, 2.05) is 0 Å². The van der Waals surface area contributed by atoms with Gasteiger partial charge in [0.05, 0.1) is 12.8 Å². The maximum absolute atomic E-state index is 11.8. The first-order chi connectivity index (χ1) is 8.56. The lowest BCUT2D eigenvalue weighted by molar-refractivity contribution is -0.172. The van der Waals surface area contributed by atoms with E-state index in [0.717, 1.165) is 5.52 Å². The zero-order valence-electron chi connectivity index (χ0n) is 9.31. The predicted molar refractivity (Wildman–Crippen MR) is 58.4 cm³/mol. The van der Waals surface area contributed by atoms with Gasteiger partial charge in [0.1, 0.15) is 12.1 Å². The van der Waals surface area contributed by atoms with Crippen LogP contribution in [0.5, 0.6) is 0 Å². The number of hydrogen-bond donors (Lipinski definition) is 1. The molecule has 0 unspecified atom stereocenters. The van der Waals surface area contributed by atoms with Crippen molar-refractivity contribution in [2.75, 3.05) is 25.1 Å². The molecule has 2 aromatic rings. The Bertz CT molecular complexity index is 511. The van der Waals surface area contributed by atoms with Gasteiger partial charge in [-0.1, -0.05) is 0 Å². The first kappa shape index (κ1) is 12.6. The number of halogens is 3. The summed E-state index contributed by atoms with van der Waals surface area (Å²) >= 11 is 0. The summed E-state index contributed by atoms with van der Waals surface area (Å²) in [6, 6.07) is 1.76. The summed E-state index contributed by atoms with van der Waals surface area (Å²) < 4.78 is 41.5. The Kier molecular flexibility index (Phi) is 3.66. The van der Waals surface area contributed by atoms with Crippen molar-refractivity contribution in [3.63, 3.8) is 0 Å².